The van der Waals surface area contributed by atoms with Crippen LogP contribution in [0.25, 0.3) is 17.1 Å². The second-order valence-corrected chi connectivity index (χ2v) is 9.35. The summed E-state index contributed by atoms with van der Waals surface area (Å²) >= 11 is 1.35. The number of para-hydroxylation sites is 1. The van der Waals surface area contributed by atoms with Crippen molar-refractivity contribution in [3.05, 3.63) is 76.4 Å². The van der Waals surface area contributed by atoms with E-state index in [1.165, 1.54) is 29.8 Å². The van der Waals surface area contributed by atoms with Gasteiger partial charge in [0.2, 0.25) is 0 Å². The maximum Gasteiger partial charge on any atom is 0.196 e. The molecule has 0 aliphatic carbocycles. The molecule has 0 saturated heterocycles. The fourth-order valence-corrected chi connectivity index (χ4v) is 5.32. The lowest BCUT2D eigenvalue weighted by molar-refractivity contribution is 0.101. The Bertz CT molecular complexity index is 1370. The molecule has 7 nitrogen and oxygen atoms in total. The van der Waals surface area contributed by atoms with Gasteiger partial charge in [-0.3, -0.25) is 19.1 Å². The molecule has 3 heterocycles. The summed E-state index contributed by atoms with van der Waals surface area (Å²) in [7, 11) is 0. The van der Waals surface area contributed by atoms with Crippen LogP contribution in [0.1, 0.15) is 64.0 Å². The summed E-state index contributed by atoms with van der Waals surface area (Å²) < 4.78 is 2.06. The number of carbonyl (C=O) groups is 2. The van der Waals surface area contributed by atoms with Gasteiger partial charge in [-0.1, -0.05) is 43.8 Å². The van der Waals surface area contributed by atoms with Crippen molar-refractivity contribution < 1.29 is 9.59 Å². The molecule has 8 heteroatoms. The largest absolute Gasteiger partial charge is 0.355 e. The van der Waals surface area contributed by atoms with E-state index >= 15 is 0 Å². The quantitative estimate of drug-likeness (QED) is 0.245. The second kappa shape index (κ2) is 10.4. The number of benzene rings is 1. The van der Waals surface area contributed by atoms with Crippen LogP contribution in [0.4, 0.5) is 0 Å². The van der Waals surface area contributed by atoms with Gasteiger partial charge in [-0.05, 0) is 62.4 Å². The van der Waals surface area contributed by atoms with E-state index in [9.17, 15) is 9.59 Å². The Morgan fingerprint density at radius 3 is 2.31 bits per heavy atom. The number of ketones is 2. The molecular formula is C27H29N5O2S. The third kappa shape index (κ3) is 4.71. The zero-order valence-electron chi connectivity index (χ0n) is 20.7. The molecule has 0 unspecified atom stereocenters. The highest BCUT2D eigenvalue weighted by Gasteiger charge is 2.23. The Kier molecular flexibility index (Phi) is 7.31. The lowest BCUT2D eigenvalue weighted by Gasteiger charge is -2.17. The fourth-order valence-electron chi connectivity index (χ4n) is 4.51. The van der Waals surface area contributed by atoms with E-state index in [0.717, 1.165) is 29.8 Å². The van der Waals surface area contributed by atoms with E-state index in [2.05, 4.69) is 56.8 Å². The van der Waals surface area contributed by atoms with E-state index in [1.807, 2.05) is 26.0 Å². The molecule has 35 heavy (non-hydrogen) atoms. The van der Waals surface area contributed by atoms with Crippen molar-refractivity contribution in [3.8, 4) is 17.1 Å². The predicted octanol–water partition coefficient (Wildman–Crippen LogP) is 5.58. The molecule has 0 atom stereocenters. The minimum absolute atomic E-state index is 0.0490. The van der Waals surface area contributed by atoms with Crippen LogP contribution >= 0.6 is 11.8 Å². The second-order valence-electron chi connectivity index (χ2n) is 8.41. The molecule has 0 amide bonds. The first-order chi connectivity index (χ1) is 16.9. The predicted molar refractivity (Wildman–Crippen MR) is 139 cm³/mol. The summed E-state index contributed by atoms with van der Waals surface area (Å²) in [5.74, 6) is 0.723. The molecule has 0 fully saturated rings. The van der Waals surface area contributed by atoms with Crippen molar-refractivity contribution in [3.63, 3.8) is 0 Å². The third-order valence-electron chi connectivity index (χ3n) is 6.14. The molecule has 4 aromatic rings. The molecule has 0 saturated carbocycles. The Morgan fingerprint density at radius 1 is 1.03 bits per heavy atom. The van der Waals surface area contributed by atoms with Crippen LogP contribution in [0, 0.1) is 13.8 Å². The molecule has 0 bridgehead atoms. The van der Waals surface area contributed by atoms with Gasteiger partial charge in [0.05, 0.1) is 17.1 Å². The molecule has 0 spiro atoms. The normalized spacial score (nSPS) is 11.1. The van der Waals surface area contributed by atoms with E-state index in [-0.39, 0.29) is 17.3 Å². The van der Waals surface area contributed by atoms with Gasteiger partial charge in [-0.2, -0.15) is 0 Å². The number of hydrogen-bond acceptors (Lipinski definition) is 6. The minimum Gasteiger partial charge on any atom is -0.355 e. The van der Waals surface area contributed by atoms with E-state index < -0.39 is 0 Å². The lowest BCUT2D eigenvalue weighted by Crippen LogP contribution is -2.09. The number of rotatable bonds is 9. The number of aryl methyl sites for hydroxylation is 3. The van der Waals surface area contributed by atoms with Crippen LogP contribution in [-0.2, 0) is 12.8 Å². The summed E-state index contributed by atoms with van der Waals surface area (Å²) in [5, 5.41) is 9.64. The Hall–Kier alpha value is -3.52. The lowest BCUT2D eigenvalue weighted by atomic mass is 10.0. The summed E-state index contributed by atoms with van der Waals surface area (Å²) in [5.41, 5.74) is 6.76. The van der Waals surface area contributed by atoms with Gasteiger partial charge in [-0.15, -0.1) is 10.2 Å². The van der Waals surface area contributed by atoms with Gasteiger partial charge < -0.3 is 4.98 Å². The van der Waals surface area contributed by atoms with Crippen molar-refractivity contribution in [2.75, 3.05) is 5.75 Å². The smallest absolute Gasteiger partial charge is 0.196 e. The van der Waals surface area contributed by atoms with Crippen LogP contribution < -0.4 is 0 Å². The number of aromatic amines is 1. The molecule has 1 aromatic carbocycles. The summed E-state index contributed by atoms with van der Waals surface area (Å²) in [4.78, 5) is 32.5. The molecule has 180 valence electrons. The van der Waals surface area contributed by atoms with Crippen molar-refractivity contribution >= 4 is 23.3 Å². The number of H-pyrrole nitrogens is 1. The zero-order valence-corrected chi connectivity index (χ0v) is 21.5. The van der Waals surface area contributed by atoms with Gasteiger partial charge in [0, 0.05) is 29.2 Å². The maximum atomic E-state index is 13.2. The standard InChI is InChI=1S/C27H29N5O2S/c1-6-19-10-8-11-20(7-2)25(19)32-26(21-12-9-13-28-14-21)30-31-27(32)35-15-22(34)24-16(3)23(18(5)33)17(4)29-24/h8-14,29H,6-7,15H2,1-5H3. The van der Waals surface area contributed by atoms with Crippen LogP contribution in [0.3, 0.4) is 0 Å². The Morgan fingerprint density at radius 2 is 1.74 bits per heavy atom. The van der Waals surface area contributed by atoms with Crippen molar-refractivity contribution in [1.29, 1.82) is 0 Å². The van der Waals surface area contributed by atoms with Crippen molar-refractivity contribution in [2.24, 2.45) is 0 Å². The van der Waals surface area contributed by atoms with E-state index in [0.29, 0.717) is 27.8 Å². The number of thioether (sulfide) groups is 1. The molecule has 0 radical (unpaired) electrons. The number of nitrogens with one attached hydrogen (secondary N) is 1. The van der Waals surface area contributed by atoms with Gasteiger partial charge >= 0.3 is 0 Å². The number of carbonyl (C=O) groups excluding carboxylic acids is 2. The average molecular weight is 488 g/mol. The summed E-state index contributed by atoms with van der Waals surface area (Å²) in [6.45, 7) is 9.41. The summed E-state index contributed by atoms with van der Waals surface area (Å²) in [6.07, 6.45) is 5.21. The molecule has 3 aromatic heterocycles. The first-order valence-corrected chi connectivity index (χ1v) is 12.7. The number of nitrogens with zero attached hydrogens (tertiary/aromatic N) is 4. The maximum absolute atomic E-state index is 13.2. The van der Waals surface area contributed by atoms with Crippen LogP contribution in [-0.4, -0.2) is 42.1 Å². The van der Waals surface area contributed by atoms with Crippen molar-refractivity contribution in [2.45, 2.75) is 52.6 Å². The van der Waals surface area contributed by atoms with Gasteiger partial charge in [0.25, 0.3) is 0 Å². The van der Waals surface area contributed by atoms with E-state index in [4.69, 9.17) is 0 Å². The summed E-state index contributed by atoms with van der Waals surface area (Å²) in [6, 6.07) is 10.2. The van der Waals surface area contributed by atoms with Gasteiger partial charge in [0.1, 0.15) is 0 Å². The molecule has 0 aliphatic heterocycles. The monoisotopic (exact) mass is 487 g/mol. The van der Waals surface area contributed by atoms with Crippen molar-refractivity contribution in [1.82, 2.24) is 24.7 Å². The molecular weight excluding hydrogens is 458 g/mol. The fraction of sp³-hybridized carbons (Fsp3) is 0.296. The zero-order chi connectivity index (χ0) is 25.1. The number of aromatic nitrogens is 5. The first kappa shape index (κ1) is 24.6. The SMILES string of the molecule is CCc1cccc(CC)c1-n1c(SCC(=O)c2[nH]c(C)c(C(C)=O)c2C)nnc1-c1cccnc1. The van der Waals surface area contributed by atoms with E-state index in [1.54, 1.807) is 12.4 Å². The molecule has 0 aliphatic rings. The number of pyridine rings is 1. The molecule has 4 rings (SSSR count). The third-order valence-corrected chi connectivity index (χ3v) is 7.07. The Labute approximate surface area is 209 Å². The molecule has 1 N–H and O–H groups in total. The minimum atomic E-state index is -0.0833. The average Bonchev–Trinajstić information content (AvgIpc) is 3.42. The number of Topliss-reactive ketones (excluding diaryl/α,β-unsaturated/α-hetero) is 2. The highest BCUT2D eigenvalue weighted by atomic mass is 32.2. The van der Waals surface area contributed by atoms with Gasteiger partial charge in [-0.25, -0.2) is 0 Å². The Balaban J connectivity index is 1.76. The highest BCUT2D eigenvalue weighted by Crippen LogP contribution is 2.32. The first-order valence-electron chi connectivity index (χ1n) is 11.7. The van der Waals surface area contributed by atoms with Crippen LogP contribution in [0.15, 0.2) is 47.9 Å². The topological polar surface area (TPSA) is 93.5 Å². The highest BCUT2D eigenvalue weighted by molar-refractivity contribution is 7.99. The number of hydrogen-bond donors (Lipinski definition) is 1. The van der Waals surface area contributed by atoms with Crippen LogP contribution in [0.2, 0.25) is 0 Å². The van der Waals surface area contributed by atoms with Gasteiger partial charge in [0.15, 0.2) is 22.5 Å². The van der Waals surface area contributed by atoms with Crippen LogP contribution in [0.5, 0.6) is 0 Å².